The molecule has 98 valence electrons. The standard InChI is InChI=1S/C13H11NO4S/c15-8-3-4-11(10(6-8)13(17)18)14-12(16)7-9-2-1-5-19-9/h1-6,15H,7H2,(H,14,16)(H,17,18)/p-1. The molecule has 0 aliphatic carbocycles. The maximum absolute atomic E-state index is 11.8. The lowest BCUT2D eigenvalue weighted by Gasteiger charge is -2.12. The first-order chi connectivity index (χ1) is 9.06. The minimum Gasteiger partial charge on any atom is -0.872 e. The van der Waals surface area contributed by atoms with Crippen molar-refractivity contribution >= 4 is 28.9 Å². The smallest absolute Gasteiger partial charge is 0.337 e. The van der Waals surface area contributed by atoms with Gasteiger partial charge in [-0.3, -0.25) is 4.79 Å². The molecule has 2 N–H and O–H groups in total. The Morgan fingerprint density at radius 1 is 1.32 bits per heavy atom. The Bertz CT molecular complexity index is 607. The van der Waals surface area contributed by atoms with Crippen molar-refractivity contribution in [3.8, 4) is 5.75 Å². The number of rotatable bonds is 4. The van der Waals surface area contributed by atoms with Gasteiger partial charge in [-0.1, -0.05) is 18.2 Å². The van der Waals surface area contributed by atoms with Gasteiger partial charge in [0.05, 0.1) is 17.7 Å². The van der Waals surface area contributed by atoms with Crippen molar-refractivity contribution in [1.29, 1.82) is 0 Å². The summed E-state index contributed by atoms with van der Waals surface area (Å²) in [5.41, 5.74) is -0.0688. The van der Waals surface area contributed by atoms with Gasteiger partial charge in [-0.15, -0.1) is 17.1 Å². The number of nitrogens with one attached hydrogen (secondary N) is 1. The van der Waals surface area contributed by atoms with Gasteiger partial charge in [-0.25, -0.2) is 4.79 Å². The van der Waals surface area contributed by atoms with Gasteiger partial charge in [0.15, 0.2) is 0 Å². The van der Waals surface area contributed by atoms with E-state index in [2.05, 4.69) is 5.32 Å². The molecule has 0 aliphatic rings. The van der Waals surface area contributed by atoms with Gasteiger partial charge in [0.2, 0.25) is 5.91 Å². The number of benzene rings is 1. The van der Waals surface area contributed by atoms with Gasteiger partial charge in [0.1, 0.15) is 0 Å². The molecule has 1 amide bonds. The van der Waals surface area contributed by atoms with Gasteiger partial charge < -0.3 is 15.5 Å². The van der Waals surface area contributed by atoms with Crippen LogP contribution in [0, 0.1) is 0 Å². The average Bonchev–Trinajstić information content (AvgIpc) is 2.83. The molecular weight excluding hydrogens is 266 g/mol. The highest BCUT2D eigenvalue weighted by Crippen LogP contribution is 2.20. The molecule has 0 radical (unpaired) electrons. The number of carbonyl (C=O) groups excluding carboxylic acids is 1. The van der Waals surface area contributed by atoms with Gasteiger partial charge >= 0.3 is 5.97 Å². The molecule has 0 unspecified atom stereocenters. The Morgan fingerprint density at radius 2 is 2.11 bits per heavy atom. The lowest BCUT2D eigenvalue weighted by Crippen LogP contribution is -2.16. The summed E-state index contributed by atoms with van der Waals surface area (Å²) in [6, 6.07) is 7.17. The fraction of sp³-hybridized carbons (Fsp3) is 0.0769. The van der Waals surface area contributed by atoms with E-state index in [4.69, 9.17) is 5.11 Å². The zero-order valence-electron chi connectivity index (χ0n) is 9.75. The molecule has 19 heavy (non-hydrogen) atoms. The van der Waals surface area contributed by atoms with Crippen LogP contribution < -0.4 is 10.4 Å². The summed E-state index contributed by atoms with van der Waals surface area (Å²) in [4.78, 5) is 23.6. The predicted molar refractivity (Wildman–Crippen MR) is 69.5 cm³/mol. The van der Waals surface area contributed by atoms with Gasteiger partial charge in [-0.05, 0) is 17.5 Å². The van der Waals surface area contributed by atoms with E-state index in [-0.39, 0.29) is 23.6 Å². The SMILES string of the molecule is O=C(Cc1cccs1)Nc1ccc([O-])cc1C(=O)O. The van der Waals surface area contributed by atoms with E-state index in [9.17, 15) is 14.7 Å². The number of hydrogen-bond donors (Lipinski definition) is 2. The summed E-state index contributed by atoms with van der Waals surface area (Å²) in [7, 11) is 0. The second kappa shape index (κ2) is 5.53. The molecule has 1 aromatic heterocycles. The van der Waals surface area contributed by atoms with Crippen LogP contribution in [0.1, 0.15) is 15.2 Å². The summed E-state index contributed by atoms with van der Waals surface area (Å²) < 4.78 is 0. The van der Waals surface area contributed by atoms with E-state index in [1.54, 1.807) is 0 Å². The summed E-state index contributed by atoms with van der Waals surface area (Å²) in [6.45, 7) is 0. The molecular formula is C13H10NO4S-. The third-order valence-corrected chi connectivity index (χ3v) is 3.29. The highest BCUT2D eigenvalue weighted by Gasteiger charge is 2.12. The number of hydrogen-bond acceptors (Lipinski definition) is 4. The molecule has 0 spiro atoms. The van der Waals surface area contributed by atoms with Crippen LogP contribution in [0.4, 0.5) is 5.69 Å². The lowest BCUT2D eigenvalue weighted by atomic mass is 10.1. The molecule has 0 aliphatic heterocycles. The molecule has 2 rings (SSSR count). The first-order valence-corrected chi connectivity index (χ1v) is 6.31. The highest BCUT2D eigenvalue weighted by atomic mass is 32.1. The molecule has 0 bridgehead atoms. The molecule has 5 nitrogen and oxygen atoms in total. The summed E-state index contributed by atoms with van der Waals surface area (Å²) in [5.74, 6) is -1.97. The number of amides is 1. The molecule has 0 atom stereocenters. The Kier molecular flexibility index (Phi) is 3.82. The van der Waals surface area contributed by atoms with Gasteiger partial charge in [-0.2, -0.15) is 0 Å². The Labute approximate surface area is 113 Å². The van der Waals surface area contributed by atoms with Crippen LogP contribution in [0.2, 0.25) is 0 Å². The predicted octanol–water partition coefficient (Wildman–Crippen LogP) is 1.70. The van der Waals surface area contributed by atoms with Gasteiger partial charge in [0.25, 0.3) is 0 Å². The Balaban J connectivity index is 2.14. The maximum Gasteiger partial charge on any atom is 0.337 e. The number of carboxylic acid groups (broad SMARTS) is 1. The number of thiophene rings is 1. The topological polar surface area (TPSA) is 89.5 Å². The van der Waals surface area contributed by atoms with Crippen molar-refractivity contribution in [2.45, 2.75) is 6.42 Å². The number of anilines is 1. The second-order valence-corrected chi connectivity index (χ2v) is 4.85. The largest absolute Gasteiger partial charge is 0.872 e. The van der Waals surface area contributed by atoms with Crippen LogP contribution in [0.3, 0.4) is 0 Å². The first kappa shape index (κ1) is 13.1. The molecule has 1 heterocycles. The summed E-state index contributed by atoms with van der Waals surface area (Å²) >= 11 is 1.45. The average molecular weight is 276 g/mol. The minimum atomic E-state index is -1.25. The van der Waals surface area contributed by atoms with Crippen molar-refractivity contribution in [2.75, 3.05) is 5.32 Å². The molecule has 0 saturated carbocycles. The summed E-state index contributed by atoms with van der Waals surface area (Å²) in [5, 5.41) is 24.5. The van der Waals surface area contributed by atoms with Crippen molar-refractivity contribution in [1.82, 2.24) is 0 Å². The molecule has 0 saturated heterocycles. The fourth-order valence-corrected chi connectivity index (χ4v) is 2.28. The summed E-state index contributed by atoms with van der Waals surface area (Å²) in [6.07, 6.45) is 0.176. The van der Waals surface area contributed by atoms with Crippen LogP contribution in [0.5, 0.6) is 5.75 Å². The Hall–Kier alpha value is -2.34. The quantitative estimate of drug-likeness (QED) is 0.889. The second-order valence-electron chi connectivity index (χ2n) is 3.82. The number of aromatic carboxylic acids is 1. The van der Waals surface area contributed by atoms with Crippen molar-refractivity contribution < 1.29 is 19.8 Å². The van der Waals surface area contributed by atoms with E-state index in [0.29, 0.717) is 0 Å². The number of carboxylic acids is 1. The monoisotopic (exact) mass is 276 g/mol. The third kappa shape index (κ3) is 3.32. The van der Waals surface area contributed by atoms with Gasteiger partial charge in [0, 0.05) is 4.88 Å². The zero-order valence-corrected chi connectivity index (χ0v) is 10.6. The highest BCUT2D eigenvalue weighted by molar-refractivity contribution is 7.10. The number of carbonyl (C=O) groups is 2. The third-order valence-electron chi connectivity index (χ3n) is 2.41. The normalized spacial score (nSPS) is 10.1. The molecule has 6 heteroatoms. The molecule has 2 aromatic rings. The van der Waals surface area contributed by atoms with Crippen LogP contribution in [-0.2, 0) is 11.2 Å². The van der Waals surface area contributed by atoms with E-state index in [1.807, 2.05) is 17.5 Å². The van der Waals surface area contributed by atoms with Crippen molar-refractivity contribution in [3.63, 3.8) is 0 Å². The van der Waals surface area contributed by atoms with Crippen molar-refractivity contribution in [2.24, 2.45) is 0 Å². The first-order valence-electron chi connectivity index (χ1n) is 5.43. The van der Waals surface area contributed by atoms with Crippen LogP contribution in [-0.4, -0.2) is 17.0 Å². The maximum atomic E-state index is 11.8. The van der Waals surface area contributed by atoms with Crippen LogP contribution in [0.15, 0.2) is 35.7 Å². The fourth-order valence-electron chi connectivity index (χ4n) is 1.58. The van der Waals surface area contributed by atoms with E-state index in [1.165, 1.54) is 23.5 Å². The zero-order chi connectivity index (χ0) is 13.8. The molecule has 0 fully saturated rings. The van der Waals surface area contributed by atoms with Crippen LogP contribution >= 0.6 is 11.3 Å². The lowest BCUT2D eigenvalue weighted by molar-refractivity contribution is -0.268. The van der Waals surface area contributed by atoms with E-state index in [0.717, 1.165) is 10.9 Å². The molecule has 1 aromatic carbocycles. The van der Waals surface area contributed by atoms with E-state index >= 15 is 0 Å². The van der Waals surface area contributed by atoms with E-state index < -0.39 is 11.7 Å². The van der Waals surface area contributed by atoms with Crippen molar-refractivity contribution in [3.05, 3.63) is 46.2 Å². The Morgan fingerprint density at radius 3 is 2.74 bits per heavy atom. The minimum absolute atomic E-state index is 0.133. The van der Waals surface area contributed by atoms with Crippen LogP contribution in [0.25, 0.3) is 0 Å².